The summed E-state index contributed by atoms with van der Waals surface area (Å²) in [5, 5.41) is 16.2. The molecule has 30 heavy (non-hydrogen) atoms. The van der Waals surface area contributed by atoms with E-state index in [-0.39, 0.29) is 34.5 Å². The Balaban J connectivity index is 2.24. The molecule has 3 aromatic rings. The first-order valence-electron chi connectivity index (χ1n) is 8.91. The monoisotopic (exact) mass is 527 g/mol. The Hall–Kier alpha value is -2.76. The number of nitro benzene ring substituents is 1. The molecule has 3 rings (SSSR count). The lowest BCUT2D eigenvalue weighted by Gasteiger charge is -2.19. The molecule has 0 aliphatic carbocycles. The fraction of sp³-hybridized carbons (Fsp3) is 0.300. The molecule has 0 radical (unpaired) electrons. The Morgan fingerprint density at radius 1 is 1.33 bits per heavy atom. The van der Waals surface area contributed by atoms with Crippen molar-refractivity contribution < 1.29 is 23.6 Å². The van der Waals surface area contributed by atoms with Crippen molar-refractivity contribution in [3.05, 3.63) is 61.1 Å². The minimum atomic E-state index is -0.757. The van der Waals surface area contributed by atoms with Gasteiger partial charge in [0.25, 0.3) is 0 Å². The predicted octanol–water partition coefficient (Wildman–Crippen LogP) is 5.07. The normalized spacial score (nSPS) is 11.5. The number of nitrogens with zero attached hydrogens (tertiary/aromatic N) is 3. The van der Waals surface area contributed by atoms with Gasteiger partial charge in [-0.05, 0) is 61.1 Å². The lowest BCUT2D eigenvalue weighted by atomic mass is 9.99. The maximum absolute atomic E-state index is 14.5. The zero-order valence-electron chi connectivity index (χ0n) is 16.7. The van der Waals surface area contributed by atoms with Gasteiger partial charge in [0, 0.05) is 27.0 Å². The van der Waals surface area contributed by atoms with E-state index in [1.807, 2.05) is 22.6 Å². The summed E-state index contributed by atoms with van der Waals surface area (Å²) in [6.45, 7) is 5.15. The van der Waals surface area contributed by atoms with E-state index < -0.39 is 22.4 Å². The number of methoxy groups -OCH3 is 1. The quantitative estimate of drug-likeness (QED) is 0.267. The summed E-state index contributed by atoms with van der Waals surface area (Å²) < 4.78 is 26.8. The standard InChI is InChI=1S/C20H19FIN3O5/c1-20(2,3)30-19(26)24-16-9-17(29-4)18(25(27)28)13(14(16)10-23-24)7-11-5-6-12(22)8-15(11)21/h5-6,8-10H,7H2,1-4H3. The maximum Gasteiger partial charge on any atom is 0.435 e. The summed E-state index contributed by atoms with van der Waals surface area (Å²) in [7, 11) is 1.29. The fourth-order valence-corrected chi connectivity index (χ4v) is 3.49. The van der Waals surface area contributed by atoms with Crippen LogP contribution in [0, 0.1) is 19.5 Å². The van der Waals surface area contributed by atoms with E-state index in [0.29, 0.717) is 8.96 Å². The number of hydrogen-bond donors (Lipinski definition) is 0. The number of nitro groups is 1. The Bertz CT molecular complexity index is 1150. The van der Waals surface area contributed by atoms with Crippen molar-refractivity contribution >= 4 is 45.3 Å². The van der Waals surface area contributed by atoms with E-state index in [4.69, 9.17) is 9.47 Å². The Morgan fingerprint density at radius 2 is 2.03 bits per heavy atom. The average Bonchev–Trinajstić information content (AvgIpc) is 3.05. The summed E-state index contributed by atoms with van der Waals surface area (Å²) in [4.78, 5) is 23.8. The molecule has 0 atom stereocenters. The number of aromatic nitrogens is 2. The van der Waals surface area contributed by atoms with E-state index in [0.717, 1.165) is 4.68 Å². The maximum atomic E-state index is 14.5. The SMILES string of the molecule is COc1cc2c(cnn2C(=O)OC(C)(C)C)c(Cc2ccc(I)cc2F)c1[N+](=O)[O-]. The van der Waals surface area contributed by atoms with Crippen molar-refractivity contribution in [1.82, 2.24) is 9.78 Å². The van der Waals surface area contributed by atoms with Gasteiger partial charge in [-0.25, -0.2) is 9.18 Å². The molecule has 0 fully saturated rings. The third-order valence-electron chi connectivity index (χ3n) is 4.27. The minimum absolute atomic E-state index is 0.0567. The number of rotatable bonds is 4. The zero-order chi connectivity index (χ0) is 22.2. The number of carbonyl (C=O) groups excluding carboxylic acids is 1. The van der Waals surface area contributed by atoms with Gasteiger partial charge in [-0.1, -0.05) is 6.07 Å². The molecule has 158 valence electrons. The second kappa shape index (κ2) is 8.17. The third kappa shape index (κ3) is 4.37. The first kappa shape index (κ1) is 21.9. The highest BCUT2D eigenvalue weighted by molar-refractivity contribution is 14.1. The van der Waals surface area contributed by atoms with E-state index >= 15 is 0 Å². The Morgan fingerprint density at radius 3 is 2.60 bits per heavy atom. The number of benzene rings is 2. The molecule has 0 unspecified atom stereocenters. The van der Waals surface area contributed by atoms with Crippen LogP contribution in [0.1, 0.15) is 31.9 Å². The number of carbonyl (C=O) groups is 1. The summed E-state index contributed by atoms with van der Waals surface area (Å²) >= 11 is 1.98. The van der Waals surface area contributed by atoms with Crippen LogP contribution in [0.3, 0.4) is 0 Å². The topological polar surface area (TPSA) is 96.5 Å². The molecule has 8 nitrogen and oxygen atoms in total. The van der Waals surface area contributed by atoms with Crippen molar-refractivity contribution in [3.63, 3.8) is 0 Å². The van der Waals surface area contributed by atoms with Gasteiger partial charge in [0.05, 0.1) is 23.7 Å². The van der Waals surface area contributed by atoms with Crippen molar-refractivity contribution in [2.75, 3.05) is 7.11 Å². The highest BCUT2D eigenvalue weighted by Gasteiger charge is 2.29. The van der Waals surface area contributed by atoms with E-state index in [1.165, 1.54) is 25.4 Å². The van der Waals surface area contributed by atoms with Crippen molar-refractivity contribution in [2.45, 2.75) is 32.8 Å². The van der Waals surface area contributed by atoms with Crippen LogP contribution < -0.4 is 4.74 Å². The Kier molecular flexibility index (Phi) is 5.97. The average molecular weight is 527 g/mol. The Labute approximate surface area is 185 Å². The van der Waals surface area contributed by atoms with Crippen LogP contribution in [-0.4, -0.2) is 33.5 Å². The van der Waals surface area contributed by atoms with Gasteiger partial charge in [0.2, 0.25) is 0 Å². The molecule has 0 N–H and O–H groups in total. The van der Waals surface area contributed by atoms with E-state index in [1.54, 1.807) is 32.9 Å². The molecule has 0 aliphatic rings. The molecule has 1 heterocycles. The van der Waals surface area contributed by atoms with Crippen LogP contribution >= 0.6 is 22.6 Å². The van der Waals surface area contributed by atoms with E-state index in [9.17, 15) is 19.3 Å². The summed E-state index contributed by atoms with van der Waals surface area (Å²) in [5.41, 5.74) is -0.311. The number of fused-ring (bicyclic) bond motifs is 1. The second-order valence-corrected chi connectivity index (χ2v) is 8.79. The fourth-order valence-electron chi connectivity index (χ4n) is 3.04. The van der Waals surface area contributed by atoms with Gasteiger partial charge < -0.3 is 9.47 Å². The first-order chi connectivity index (χ1) is 14.0. The van der Waals surface area contributed by atoms with Crippen molar-refractivity contribution in [1.29, 1.82) is 0 Å². The van der Waals surface area contributed by atoms with Gasteiger partial charge in [0.1, 0.15) is 11.4 Å². The summed E-state index contributed by atoms with van der Waals surface area (Å²) in [5.74, 6) is -0.537. The minimum Gasteiger partial charge on any atom is -0.490 e. The molecule has 10 heteroatoms. The molecule has 0 saturated heterocycles. The van der Waals surface area contributed by atoms with E-state index in [2.05, 4.69) is 5.10 Å². The van der Waals surface area contributed by atoms with Crippen LogP contribution in [0.4, 0.5) is 14.9 Å². The predicted molar refractivity (Wildman–Crippen MR) is 116 cm³/mol. The first-order valence-corrected chi connectivity index (χ1v) is 9.99. The lowest BCUT2D eigenvalue weighted by molar-refractivity contribution is -0.386. The molecular weight excluding hydrogens is 508 g/mol. The summed E-state index contributed by atoms with van der Waals surface area (Å²) in [6.07, 6.45) is 0.526. The molecule has 0 aliphatic heterocycles. The van der Waals surface area contributed by atoms with Gasteiger partial charge >= 0.3 is 11.8 Å². The molecule has 0 spiro atoms. The molecule has 0 amide bonds. The van der Waals surface area contributed by atoms with Gasteiger partial charge in [-0.3, -0.25) is 10.1 Å². The summed E-state index contributed by atoms with van der Waals surface area (Å²) in [6, 6.07) is 6.00. The van der Waals surface area contributed by atoms with Crippen LogP contribution in [0.15, 0.2) is 30.5 Å². The molecule has 0 saturated carbocycles. The second-order valence-electron chi connectivity index (χ2n) is 7.55. The van der Waals surface area contributed by atoms with Crippen LogP contribution in [-0.2, 0) is 11.2 Å². The number of ether oxygens (including phenoxy) is 2. The van der Waals surface area contributed by atoms with Crippen LogP contribution in [0.25, 0.3) is 10.9 Å². The third-order valence-corrected chi connectivity index (χ3v) is 4.94. The largest absolute Gasteiger partial charge is 0.490 e. The highest BCUT2D eigenvalue weighted by atomic mass is 127. The number of halogens is 2. The highest BCUT2D eigenvalue weighted by Crippen LogP contribution is 2.39. The van der Waals surface area contributed by atoms with Crippen molar-refractivity contribution in [3.8, 4) is 5.75 Å². The lowest BCUT2D eigenvalue weighted by Crippen LogP contribution is -2.27. The van der Waals surface area contributed by atoms with Crippen molar-refractivity contribution in [2.24, 2.45) is 0 Å². The number of hydrogen-bond acceptors (Lipinski definition) is 6. The van der Waals surface area contributed by atoms with Crippen LogP contribution in [0.2, 0.25) is 0 Å². The smallest absolute Gasteiger partial charge is 0.435 e. The zero-order valence-corrected chi connectivity index (χ0v) is 18.9. The molecule has 1 aromatic heterocycles. The molecule has 0 bridgehead atoms. The van der Waals surface area contributed by atoms with Gasteiger partial charge in [-0.2, -0.15) is 9.78 Å². The van der Waals surface area contributed by atoms with Gasteiger partial charge in [0.15, 0.2) is 5.75 Å². The molecule has 2 aromatic carbocycles. The van der Waals surface area contributed by atoms with Gasteiger partial charge in [-0.15, -0.1) is 0 Å². The molecular formula is C20H19FIN3O5. The van der Waals surface area contributed by atoms with Crippen LogP contribution in [0.5, 0.6) is 5.75 Å².